The predicted octanol–water partition coefficient (Wildman–Crippen LogP) is 4.26. The van der Waals surface area contributed by atoms with Crippen LogP contribution in [0.5, 0.6) is 11.5 Å². The summed E-state index contributed by atoms with van der Waals surface area (Å²) in [7, 11) is 0. The standard InChI is InChI=1S/C15H16F2N2O/c1-3-12-14(6-4-9(2)19-12)20-13-7-5-10(18)8-11(13)15(16)17/h4-8,15H,3,18H2,1-2H3. The SMILES string of the molecule is CCc1nc(C)ccc1Oc1ccc(N)cc1C(F)F. The number of halogens is 2. The fourth-order valence-electron chi connectivity index (χ4n) is 1.89. The van der Waals surface area contributed by atoms with Gasteiger partial charge in [0.2, 0.25) is 0 Å². The van der Waals surface area contributed by atoms with Crippen molar-refractivity contribution in [2.24, 2.45) is 0 Å². The van der Waals surface area contributed by atoms with Crippen LogP contribution in [0.25, 0.3) is 0 Å². The van der Waals surface area contributed by atoms with Gasteiger partial charge in [0.1, 0.15) is 11.5 Å². The number of nitrogens with two attached hydrogens (primary N) is 1. The van der Waals surface area contributed by atoms with Crippen molar-refractivity contribution in [2.75, 3.05) is 5.73 Å². The second kappa shape index (κ2) is 5.86. The lowest BCUT2D eigenvalue weighted by atomic mass is 10.2. The summed E-state index contributed by atoms with van der Waals surface area (Å²) in [5, 5.41) is 0. The van der Waals surface area contributed by atoms with Crippen LogP contribution in [0.4, 0.5) is 14.5 Å². The first-order chi connectivity index (χ1) is 9.51. The molecule has 0 fully saturated rings. The Bertz CT molecular complexity index is 615. The van der Waals surface area contributed by atoms with Gasteiger partial charge in [0, 0.05) is 11.4 Å². The molecule has 2 rings (SSSR count). The molecule has 0 atom stereocenters. The summed E-state index contributed by atoms with van der Waals surface area (Å²) in [6, 6.07) is 7.75. The number of anilines is 1. The molecule has 2 aromatic rings. The molecule has 0 aliphatic rings. The summed E-state index contributed by atoms with van der Waals surface area (Å²) in [6.07, 6.45) is -1.98. The number of rotatable bonds is 4. The van der Waals surface area contributed by atoms with Gasteiger partial charge in [-0.1, -0.05) is 6.92 Å². The normalized spacial score (nSPS) is 10.8. The molecule has 0 radical (unpaired) electrons. The van der Waals surface area contributed by atoms with Crippen molar-refractivity contribution in [3.8, 4) is 11.5 Å². The van der Waals surface area contributed by atoms with Crippen molar-refractivity contribution in [2.45, 2.75) is 26.7 Å². The van der Waals surface area contributed by atoms with Gasteiger partial charge in [-0.15, -0.1) is 0 Å². The van der Waals surface area contributed by atoms with Crippen molar-refractivity contribution < 1.29 is 13.5 Å². The average Bonchev–Trinajstić information content (AvgIpc) is 2.42. The molecule has 20 heavy (non-hydrogen) atoms. The molecule has 0 amide bonds. The molecule has 1 aromatic heterocycles. The monoisotopic (exact) mass is 278 g/mol. The lowest BCUT2D eigenvalue weighted by Gasteiger charge is -2.13. The van der Waals surface area contributed by atoms with Crippen LogP contribution in [-0.4, -0.2) is 4.98 Å². The van der Waals surface area contributed by atoms with E-state index in [-0.39, 0.29) is 17.0 Å². The van der Waals surface area contributed by atoms with Gasteiger partial charge in [0.05, 0.1) is 11.3 Å². The minimum Gasteiger partial charge on any atom is -0.455 e. The molecule has 0 spiro atoms. The Morgan fingerprint density at radius 3 is 2.55 bits per heavy atom. The van der Waals surface area contributed by atoms with Crippen LogP contribution >= 0.6 is 0 Å². The highest BCUT2D eigenvalue weighted by Gasteiger charge is 2.16. The Morgan fingerprint density at radius 2 is 1.90 bits per heavy atom. The molecule has 3 nitrogen and oxygen atoms in total. The number of aromatic nitrogens is 1. The quantitative estimate of drug-likeness (QED) is 0.850. The number of pyridine rings is 1. The van der Waals surface area contributed by atoms with Gasteiger partial charge in [0.25, 0.3) is 6.43 Å². The van der Waals surface area contributed by atoms with E-state index in [9.17, 15) is 8.78 Å². The van der Waals surface area contributed by atoms with Crippen LogP contribution in [0.3, 0.4) is 0 Å². The molecule has 1 heterocycles. The summed E-state index contributed by atoms with van der Waals surface area (Å²) < 4.78 is 31.6. The molecular weight excluding hydrogens is 262 g/mol. The van der Waals surface area contributed by atoms with Crippen LogP contribution in [0.15, 0.2) is 30.3 Å². The smallest absolute Gasteiger partial charge is 0.267 e. The lowest BCUT2D eigenvalue weighted by molar-refractivity contribution is 0.148. The van der Waals surface area contributed by atoms with Gasteiger partial charge < -0.3 is 10.5 Å². The van der Waals surface area contributed by atoms with Crippen LogP contribution in [-0.2, 0) is 6.42 Å². The molecule has 0 bridgehead atoms. The minimum absolute atomic E-state index is 0.106. The first-order valence-electron chi connectivity index (χ1n) is 6.33. The number of nitrogen functional groups attached to an aromatic ring is 1. The fraction of sp³-hybridized carbons (Fsp3) is 0.267. The second-order valence-corrected chi connectivity index (χ2v) is 4.45. The van der Waals surface area contributed by atoms with Crippen molar-refractivity contribution >= 4 is 5.69 Å². The second-order valence-electron chi connectivity index (χ2n) is 4.45. The van der Waals surface area contributed by atoms with Gasteiger partial charge in [-0.05, 0) is 43.7 Å². The van der Waals surface area contributed by atoms with Crippen LogP contribution < -0.4 is 10.5 Å². The zero-order valence-corrected chi connectivity index (χ0v) is 11.4. The summed E-state index contributed by atoms with van der Waals surface area (Å²) >= 11 is 0. The number of hydrogen-bond donors (Lipinski definition) is 1. The van der Waals surface area contributed by atoms with Gasteiger partial charge in [0.15, 0.2) is 0 Å². The molecule has 0 aliphatic heterocycles. The zero-order chi connectivity index (χ0) is 14.7. The fourth-order valence-corrected chi connectivity index (χ4v) is 1.89. The van der Waals surface area contributed by atoms with Gasteiger partial charge in [-0.25, -0.2) is 8.78 Å². The van der Waals surface area contributed by atoms with Crippen LogP contribution in [0, 0.1) is 6.92 Å². The van der Waals surface area contributed by atoms with E-state index in [1.54, 1.807) is 12.1 Å². The Hall–Kier alpha value is -2.17. The molecular formula is C15H16F2N2O. The molecule has 0 saturated carbocycles. The molecule has 0 unspecified atom stereocenters. The molecule has 0 saturated heterocycles. The maximum atomic E-state index is 13.0. The number of nitrogens with zero attached hydrogens (tertiary/aromatic N) is 1. The first-order valence-corrected chi connectivity index (χ1v) is 6.33. The summed E-state index contributed by atoms with van der Waals surface area (Å²) in [4.78, 5) is 4.34. The number of ether oxygens (including phenoxy) is 1. The highest BCUT2D eigenvalue weighted by atomic mass is 19.3. The highest BCUT2D eigenvalue weighted by molar-refractivity contribution is 5.50. The van der Waals surface area contributed by atoms with E-state index in [0.29, 0.717) is 12.2 Å². The van der Waals surface area contributed by atoms with Gasteiger partial charge >= 0.3 is 0 Å². The molecule has 1 aromatic carbocycles. The Kier molecular flexibility index (Phi) is 4.17. The van der Waals surface area contributed by atoms with Crippen molar-refractivity contribution in [3.05, 3.63) is 47.3 Å². The molecule has 2 N–H and O–H groups in total. The first kappa shape index (κ1) is 14.2. The van der Waals surface area contributed by atoms with Crippen molar-refractivity contribution in [1.82, 2.24) is 4.98 Å². The molecule has 0 aliphatic carbocycles. The summed E-state index contributed by atoms with van der Waals surface area (Å²) in [6.45, 7) is 3.81. The zero-order valence-electron chi connectivity index (χ0n) is 11.4. The van der Waals surface area contributed by atoms with Gasteiger partial charge in [-0.2, -0.15) is 0 Å². The Balaban J connectivity index is 2.39. The Labute approximate surface area is 116 Å². The number of aryl methyl sites for hydroxylation is 2. The number of alkyl halides is 2. The van der Waals surface area contributed by atoms with E-state index in [1.165, 1.54) is 18.2 Å². The summed E-state index contributed by atoms with van der Waals surface area (Å²) in [5.74, 6) is 0.597. The van der Waals surface area contributed by atoms with E-state index in [4.69, 9.17) is 10.5 Å². The highest BCUT2D eigenvalue weighted by Crippen LogP contribution is 2.34. The van der Waals surface area contributed by atoms with E-state index < -0.39 is 6.43 Å². The van der Waals surface area contributed by atoms with Crippen LogP contribution in [0.2, 0.25) is 0 Å². The van der Waals surface area contributed by atoms with E-state index in [0.717, 1.165) is 11.4 Å². The van der Waals surface area contributed by atoms with E-state index in [2.05, 4.69) is 4.98 Å². The van der Waals surface area contributed by atoms with E-state index in [1.807, 2.05) is 13.8 Å². The molecule has 106 valence electrons. The van der Waals surface area contributed by atoms with Crippen LogP contribution in [0.1, 0.15) is 30.3 Å². The van der Waals surface area contributed by atoms with Crippen molar-refractivity contribution in [1.29, 1.82) is 0 Å². The third-order valence-corrected chi connectivity index (χ3v) is 2.90. The maximum Gasteiger partial charge on any atom is 0.267 e. The number of hydrogen-bond acceptors (Lipinski definition) is 3. The number of benzene rings is 1. The minimum atomic E-state index is -2.64. The van der Waals surface area contributed by atoms with E-state index >= 15 is 0 Å². The maximum absolute atomic E-state index is 13.0. The third kappa shape index (κ3) is 3.04. The van der Waals surface area contributed by atoms with Crippen molar-refractivity contribution in [3.63, 3.8) is 0 Å². The Morgan fingerprint density at radius 1 is 1.20 bits per heavy atom. The average molecular weight is 278 g/mol. The largest absolute Gasteiger partial charge is 0.455 e. The topological polar surface area (TPSA) is 48.1 Å². The molecule has 5 heteroatoms. The predicted molar refractivity (Wildman–Crippen MR) is 74.2 cm³/mol. The summed E-state index contributed by atoms with van der Waals surface area (Å²) in [5.41, 5.74) is 7.20. The third-order valence-electron chi connectivity index (χ3n) is 2.90. The lowest BCUT2D eigenvalue weighted by Crippen LogP contribution is -1.99. The van der Waals surface area contributed by atoms with Gasteiger partial charge in [-0.3, -0.25) is 4.98 Å².